The van der Waals surface area contributed by atoms with Crippen LogP contribution in [0.2, 0.25) is 0 Å². The molecule has 4 heteroatoms. The number of nitrogens with one attached hydrogen (secondary N) is 1. The summed E-state index contributed by atoms with van der Waals surface area (Å²) in [6, 6.07) is 8.49. The molecule has 0 unspecified atom stereocenters. The van der Waals surface area contributed by atoms with Crippen molar-refractivity contribution in [3.8, 4) is 11.1 Å². The minimum atomic E-state index is 0.682. The summed E-state index contributed by atoms with van der Waals surface area (Å²) >= 11 is 3.42. The Balaban J connectivity index is 2.18. The number of nitrogens with zero attached hydrogens (tertiary/aromatic N) is 1. The number of hydrogen-bond donors (Lipinski definition) is 1. The summed E-state index contributed by atoms with van der Waals surface area (Å²) in [6.07, 6.45) is 4.77. The van der Waals surface area contributed by atoms with Crippen LogP contribution in [0.25, 0.3) is 28.0 Å². The van der Waals surface area contributed by atoms with E-state index in [2.05, 4.69) is 50.4 Å². The lowest BCUT2D eigenvalue weighted by molar-refractivity contribution is 0.247. The Morgan fingerprint density at radius 1 is 1.21 bits per heavy atom. The fourth-order valence-electron chi connectivity index (χ4n) is 2.85. The lowest BCUT2D eigenvalue weighted by atomic mass is 10.0. The van der Waals surface area contributed by atoms with Crippen LogP contribution in [-0.4, -0.2) is 16.8 Å². The quantitative estimate of drug-likeness (QED) is 0.682. The summed E-state index contributed by atoms with van der Waals surface area (Å²) in [7, 11) is 0. The van der Waals surface area contributed by atoms with Crippen LogP contribution in [0.3, 0.4) is 0 Å². The van der Waals surface area contributed by atoms with Crippen molar-refractivity contribution in [3.05, 3.63) is 46.4 Å². The summed E-state index contributed by atoms with van der Waals surface area (Å²) in [4.78, 5) is 0. The van der Waals surface area contributed by atoms with Crippen LogP contribution in [0.5, 0.6) is 0 Å². The van der Waals surface area contributed by atoms with E-state index in [1.165, 1.54) is 27.5 Å². The molecule has 1 aliphatic carbocycles. The zero-order valence-electron chi connectivity index (χ0n) is 10.1. The third-order valence-corrected chi connectivity index (χ3v) is 4.07. The van der Waals surface area contributed by atoms with Gasteiger partial charge in [-0.05, 0) is 32.3 Å². The molecule has 0 aromatic heterocycles. The van der Waals surface area contributed by atoms with E-state index in [0.717, 1.165) is 16.8 Å². The van der Waals surface area contributed by atoms with Gasteiger partial charge in [0, 0.05) is 23.6 Å². The fraction of sp³-hybridized carbons (Fsp3) is 0.133. The van der Waals surface area contributed by atoms with Crippen molar-refractivity contribution in [2.45, 2.75) is 6.42 Å². The third-order valence-electron chi connectivity index (χ3n) is 3.61. The first-order valence-corrected chi connectivity index (χ1v) is 7.00. The molecule has 1 N–H and O–H groups in total. The zero-order valence-corrected chi connectivity index (χ0v) is 11.7. The van der Waals surface area contributed by atoms with E-state index in [0.29, 0.717) is 6.61 Å². The van der Waals surface area contributed by atoms with Crippen molar-refractivity contribution in [3.63, 3.8) is 0 Å². The number of halogens is 1. The lowest BCUT2D eigenvalue weighted by Crippen LogP contribution is -2.02. The molecule has 0 amide bonds. The molecule has 0 bridgehead atoms. The van der Waals surface area contributed by atoms with E-state index in [1.807, 2.05) is 12.3 Å². The average molecular weight is 315 g/mol. The maximum Gasteiger partial charge on any atom is 0.164 e. The number of aromatic amines is 1. The second kappa shape index (κ2) is 4.10. The topological polar surface area (TPSA) is 37.9 Å². The maximum absolute atomic E-state index is 5.62. The minimum Gasteiger partial charge on any atom is -0.486 e. The summed E-state index contributed by atoms with van der Waals surface area (Å²) < 4.78 is 6.36. The van der Waals surface area contributed by atoms with Crippen LogP contribution in [0.1, 0.15) is 11.3 Å². The SMILES string of the molecule is Br/C1=C/c2[nH]ncc3c4ccccc4c(c2-3)CCO1. The molecule has 0 radical (unpaired) electrons. The number of hydrogen-bond acceptors (Lipinski definition) is 2. The minimum absolute atomic E-state index is 0.682. The number of rotatable bonds is 0. The number of aromatic nitrogens is 2. The summed E-state index contributed by atoms with van der Waals surface area (Å²) in [5.41, 5.74) is 4.81. The van der Waals surface area contributed by atoms with Gasteiger partial charge < -0.3 is 4.74 Å². The molecular formula is C15H11BrN2O. The summed E-state index contributed by atoms with van der Waals surface area (Å²) in [5.74, 6) is 0. The van der Waals surface area contributed by atoms with Gasteiger partial charge in [-0.2, -0.15) is 5.10 Å². The Labute approximate surface area is 118 Å². The molecule has 1 aromatic rings. The van der Waals surface area contributed by atoms with E-state index in [9.17, 15) is 0 Å². The van der Waals surface area contributed by atoms with Crippen molar-refractivity contribution in [1.82, 2.24) is 10.2 Å². The van der Waals surface area contributed by atoms with Crippen LogP contribution >= 0.6 is 15.9 Å². The summed E-state index contributed by atoms with van der Waals surface area (Å²) in [6.45, 7) is 0.682. The number of benzene rings is 1. The van der Waals surface area contributed by atoms with Crippen molar-refractivity contribution in [1.29, 1.82) is 0 Å². The van der Waals surface area contributed by atoms with Gasteiger partial charge in [-0.25, -0.2) is 0 Å². The van der Waals surface area contributed by atoms with Gasteiger partial charge in [0.2, 0.25) is 0 Å². The molecular weight excluding hydrogens is 304 g/mol. The van der Waals surface area contributed by atoms with Gasteiger partial charge in [0.15, 0.2) is 4.67 Å². The average Bonchev–Trinajstić information content (AvgIpc) is 2.73. The molecule has 3 nitrogen and oxygen atoms in total. The monoisotopic (exact) mass is 314 g/mol. The molecule has 94 valence electrons. The standard InChI is InChI=1S/C15H11BrN2O/c16-14-7-13-15-11(5-6-19-14)9-3-1-2-4-10(9)12(15)8-17-18-13/h1-4,7-8,18H,5-6H2/b14-7-. The van der Waals surface area contributed by atoms with E-state index >= 15 is 0 Å². The number of ether oxygens (including phenoxy) is 1. The molecule has 0 saturated carbocycles. The molecule has 4 rings (SSSR count). The Morgan fingerprint density at radius 2 is 2.05 bits per heavy atom. The highest BCUT2D eigenvalue weighted by Crippen LogP contribution is 2.41. The van der Waals surface area contributed by atoms with Crippen LogP contribution in [-0.2, 0) is 11.2 Å². The van der Waals surface area contributed by atoms with Crippen LogP contribution < -0.4 is 0 Å². The highest BCUT2D eigenvalue weighted by molar-refractivity contribution is 9.11. The first-order valence-electron chi connectivity index (χ1n) is 6.21. The van der Waals surface area contributed by atoms with Crippen molar-refractivity contribution in [2.24, 2.45) is 0 Å². The number of fused-ring (bicyclic) bond motifs is 3. The highest BCUT2D eigenvalue weighted by Gasteiger charge is 2.22. The molecule has 19 heavy (non-hydrogen) atoms. The highest BCUT2D eigenvalue weighted by atomic mass is 79.9. The molecule has 0 fully saturated rings. The predicted molar refractivity (Wildman–Crippen MR) is 79.3 cm³/mol. The molecule has 1 aromatic carbocycles. The Hall–Kier alpha value is -1.81. The first kappa shape index (κ1) is 11.1. The molecule has 0 spiro atoms. The third kappa shape index (κ3) is 1.60. The van der Waals surface area contributed by atoms with Gasteiger partial charge in [-0.3, -0.25) is 5.10 Å². The Morgan fingerprint density at radius 3 is 2.95 bits per heavy atom. The Kier molecular flexibility index (Phi) is 2.38. The number of H-pyrrole nitrogens is 1. The van der Waals surface area contributed by atoms with Gasteiger partial charge >= 0.3 is 0 Å². The second-order valence-corrected chi connectivity index (χ2v) is 5.42. The normalized spacial score (nSPS) is 17.6. The van der Waals surface area contributed by atoms with Crippen molar-refractivity contribution < 1.29 is 4.74 Å². The Bertz CT molecular complexity index is 775. The van der Waals surface area contributed by atoms with Gasteiger partial charge in [-0.1, -0.05) is 24.3 Å². The van der Waals surface area contributed by atoms with Crippen LogP contribution in [0.15, 0.2) is 35.1 Å². The largest absolute Gasteiger partial charge is 0.486 e. The molecule has 2 aliphatic heterocycles. The fourth-order valence-corrected chi connectivity index (χ4v) is 3.24. The van der Waals surface area contributed by atoms with Gasteiger partial charge in [-0.15, -0.1) is 0 Å². The smallest absolute Gasteiger partial charge is 0.164 e. The predicted octanol–water partition coefficient (Wildman–Crippen LogP) is 3.93. The lowest BCUT2D eigenvalue weighted by Gasteiger charge is -2.13. The van der Waals surface area contributed by atoms with Crippen LogP contribution in [0, 0.1) is 0 Å². The van der Waals surface area contributed by atoms with Gasteiger partial charge in [0.1, 0.15) is 0 Å². The molecule has 2 heterocycles. The first-order chi connectivity index (χ1) is 9.34. The zero-order chi connectivity index (χ0) is 12.8. The van der Waals surface area contributed by atoms with Crippen molar-refractivity contribution >= 4 is 32.8 Å². The van der Waals surface area contributed by atoms with E-state index in [4.69, 9.17) is 4.74 Å². The summed E-state index contributed by atoms with van der Waals surface area (Å²) in [5, 5.41) is 9.88. The van der Waals surface area contributed by atoms with Gasteiger partial charge in [0.25, 0.3) is 0 Å². The van der Waals surface area contributed by atoms with Crippen molar-refractivity contribution in [2.75, 3.05) is 6.61 Å². The second-order valence-electron chi connectivity index (χ2n) is 4.64. The van der Waals surface area contributed by atoms with E-state index < -0.39 is 0 Å². The van der Waals surface area contributed by atoms with E-state index in [1.54, 1.807) is 0 Å². The van der Waals surface area contributed by atoms with E-state index in [-0.39, 0.29) is 0 Å². The van der Waals surface area contributed by atoms with Gasteiger partial charge in [0.05, 0.1) is 18.5 Å². The molecule has 0 atom stereocenters. The van der Waals surface area contributed by atoms with Crippen LogP contribution in [0.4, 0.5) is 0 Å². The molecule has 0 saturated heterocycles. The molecule has 3 aliphatic rings. The maximum atomic E-state index is 5.62.